The molecule has 0 aliphatic carbocycles. The number of amides is 1. The molecule has 0 bridgehead atoms. The van der Waals surface area contributed by atoms with E-state index < -0.39 is 11.8 Å². The molecule has 3 aromatic rings. The number of Topliss-reactive ketones (excluding diaryl/α,β-unsaturated/α-hetero) is 1. The predicted molar refractivity (Wildman–Crippen MR) is 102 cm³/mol. The van der Waals surface area contributed by atoms with E-state index in [-0.39, 0.29) is 18.1 Å². The Bertz CT molecular complexity index is 1100. The van der Waals surface area contributed by atoms with Gasteiger partial charge in [-0.15, -0.1) is 0 Å². The fourth-order valence-electron chi connectivity index (χ4n) is 2.99. The zero-order valence-corrected chi connectivity index (χ0v) is 15.6. The molecule has 1 aliphatic heterocycles. The van der Waals surface area contributed by atoms with Gasteiger partial charge in [-0.05, 0) is 19.1 Å². The second-order valence-electron chi connectivity index (χ2n) is 6.29. The van der Waals surface area contributed by atoms with Crippen molar-refractivity contribution in [1.82, 2.24) is 25.1 Å². The molecule has 1 N–H and O–H groups in total. The second-order valence-corrected chi connectivity index (χ2v) is 6.29. The molecule has 0 saturated carbocycles. The Morgan fingerprint density at radius 3 is 2.69 bits per heavy atom. The van der Waals surface area contributed by atoms with E-state index in [0.29, 0.717) is 41.6 Å². The number of hydrogen-bond acceptors (Lipinski definition) is 7. The maximum Gasteiger partial charge on any atom is 0.379 e. The normalized spacial score (nSPS) is 12.8. The van der Waals surface area contributed by atoms with E-state index in [0.717, 1.165) is 0 Å². The number of fused-ring (bicyclic) bond motifs is 1. The molecular formula is C20H17N5O4. The monoisotopic (exact) mass is 391 g/mol. The highest BCUT2D eigenvalue weighted by molar-refractivity contribution is 6.40. The molecule has 1 aliphatic rings. The minimum absolute atomic E-state index is 0.141. The number of esters is 1. The summed E-state index contributed by atoms with van der Waals surface area (Å²) >= 11 is 0. The van der Waals surface area contributed by atoms with E-state index >= 15 is 0 Å². The highest BCUT2D eigenvalue weighted by atomic mass is 16.5. The van der Waals surface area contributed by atoms with Crippen LogP contribution in [0.5, 0.6) is 0 Å². The number of benzene rings is 1. The first-order valence-electron chi connectivity index (χ1n) is 9.08. The van der Waals surface area contributed by atoms with Crippen LogP contribution in [0.1, 0.15) is 27.8 Å². The molecule has 29 heavy (non-hydrogen) atoms. The summed E-state index contributed by atoms with van der Waals surface area (Å²) in [4.78, 5) is 44.3. The first kappa shape index (κ1) is 18.5. The second kappa shape index (κ2) is 7.63. The van der Waals surface area contributed by atoms with Gasteiger partial charge in [-0.3, -0.25) is 14.3 Å². The van der Waals surface area contributed by atoms with Crippen LogP contribution in [0.2, 0.25) is 0 Å². The average molecular weight is 391 g/mol. The summed E-state index contributed by atoms with van der Waals surface area (Å²) in [5.74, 6) is -1.31. The zero-order valence-electron chi connectivity index (χ0n) is 15.6. The van der Waals surface area contributed by atoms with Crippen LogP contribution in [-0.2, 0) is 16.1 Å². The van der Waals surface area contributed by atoms with Crippen LogP contribution >= 0.6 is 0 Å². The molecule has 9 heteroatoms. The van der Waals surface area contributed by atoms with Crippen LogP contribution in [0.15, 0.2) is 42.6 Å². The van der Waals surface area contributed by atoms with Crippen molar-refractivity contribution in [2.45, 2.75) is 13.5 Å². The van der Waals surface area contributed by atoms with Crippen LogP contribution in [0.25, 0.3) is 22.8 Å². The van der Waals surface area contributed by atoms with E-state index in [2.05, 4.69) is 20.4 Å². The summed E-state index contributed by atoms with van der Waals surface area (Å²) in [6, 6.07) is 9.80. The number of rotatable bonds is 5. The van der Waals surface area contributed by atoms with E-state index in [9.17, 15) is 14.4 Å². The third-order valence-electron chi connectivity index (χ3n) is 4.41. The van der Waals surface area contributed by atoms with Crippen molar-refractivity contribution in [1.29, 1.82) is 0 Å². The van der Waals surface area contributed by atoms with Crippen LogP contribution in [0.4, 0.5) is 0 Å². The lowest BCUT2D eigenvalue weighted by Crippen LogP contribution is -2.35. The third-order valence-corrected chi connectivity index (χ3v) is 4.41. The van der Waals surface area contributed by atoms with Gasteiger partial charge in [0.1, 0.15) is 11.4 Å². The number of ketones is 1. The van der Waals surface area contributed by atoms with Crippen molar-refractivity contribution in [2.75, 3.05) is 13.2 Å². The molecular weight excluding hydrogens is 374 g/mol. The highest BCUT2D eigenvalue weighted by Gasteiger charge is 2.21. The quantitative estimate of drug-likeness (QED) is 0.398. The Kier molecular flexibility index (Phi) is 4.86. The van der Waals surface area contributed by atoms with E-state index in [1.165, 1.54) is 12.1 Å². The highest BCUT2D eigenvalue weighted by Crippen LogP contribution is 2.22. The fraction of sp³-hybridized carbons (Fsp3) is 0.200. The predicted octanol–water partition coefficient (Wildman–Crippen LogP) is 1.50. The Hall–Kier alpha value is -3.88. The van der Waals surface area contributed by atoms with Gasteiger partial charge in [-0.2, -0.15) is 5.10 Å². The largest absolute Gasteiger partial charge is 0.460 e. The van der Waals surface area contributed by atoms with Gasteiger partial charge < -0.3 is 10.1 Å². The molecule has 0 saturated heterocycles. The average Bonchev–Trinajstić information content (AvgIpc) is 3.19. The molecule has 1 aromatic carbocycles. The number of ether oxygens (including phenoxy) is 1. The Morgan fingerprint density at radius 2 is 1.97 bits per heavy atom. The number of nitrogens with zero attached hydrogens (tertiary/aromatic N) is 4. The number of aromatic nitrogens is 4. The van der Waals surface area contributed by atoms with E-state index in [1.54, 1.807) is 42.1 Å². The molecule has 3 heterocycles. The van der Waals surface area contributed by atoms with E-state index in [4.69, 9.17) is 4.74 Å². The molecule has 9 nitrogen and oxygen atoms in total. The molecule has 2 aromatic heterocycles. The Labute approximate surface area is 165 Å². The first-order valence-corrected chi connectivity index (χ1v) is 9.08. The van der Waals surface area contributed by atoms with Crippen LogP contribution in [0, 0.1) is 0 Å². The Morgan fingerprint density at radius 1 is 1.17 bits per heavy atom. The van der Waals surface area contributed by atoms with Crippen LogP contribution < -0.4 is 5.32 Å². The van der Waals surface area contributed by atoms with Gasteiger partial charge in [0, 0.05) is 23.9 Å². The minimum atomic E-state index is -0.883. The number of nitrogens with one attached hydrogen (secondary N) is 1. The van der Waals surface area contributed by atoms with Crippen molar-refractivity contribution < 1.29 is 19.1 Å². The standard InChI is InChI=1S/C20H17N5O4/c1-2-29-20(28)17(26)12-3-5-13(6-4-12)18-21-8-7-14(23-18)15-11-16-19(27)22-9-10-25(16)24-15/h3-8,11H,2,9-10H2,1H3,(H,22,27). The molecule has 146 valence electrons. The molecule has 0 radical (unpaired) electrons. The number of carbonyl (C=O) groups is 3. The lowest BCUT2D eigenvalue weighted by Gasteiger charge is -2.13. The van der Waals surface area contributed by atoms with Crippen molar-refractivity contribution in [3.05, 3.63) is 53.9 Å². The topological polar surface area (TPSA) is 116 Å². The van der Waals surface area contributed by atoms with Crippen molar-refractivity contribution >= 4 is 17.7 Å². The van der Waals surface area contributed by atoms with Gasteiger partial charge in [0.15, 0.2) is 5.82 Å². The Balaban J connectivity index is 1.60. The van der Waals surface area contributed by atoms with E-state index in [1.807, 2.05) is 0 Å². The lowest BCUT2D eigenvalue weighted by molar-refractivity contribution is -0.137. The van der Waals surface area contributed by atoms with Crippen molar-refractivity contribution in [3.8, 4) is 22.8 Å². The summed E-state index contributed by atoms with van der Waals surface area (Å²) in [6.45, 7) is 2.93. The maximum absolute atomic E-state index is 12.0. The summed E-state index contributed by atoms with van der Waals surface area (Å²) < 4.78 is 6.39. The third kappa shape index (κ3) is 3.62. The van der Waals surface area contributed by atoms with Gasteiger partial charge in [-0.1, -0.05) is 24.3 Å². The SMILES string of the molecule is CCOC(=O)C(=O)c1ccc(-c2nccc(-c3cc4n(n3)CCNC4=O)n2)cc1. The minimum Gasteiger partial charge on any atom is -0.460 e. The molecule has 0 spiro atoms. The molecule has 4 rings (SSSR count). The molecule has 0 unspecified atom stereocenters. The maximum atomic E-state index is 12.0. The van der Waals surface area contributed by atoms with Gasteiger partial charge >= 0.3 is 5.97 Å². The number of hydrogen-bond donors (Lipinski definition) is 1. The van der Waals surface area contributed by atoms with Gasteiger partial charge in [0.05, 0.1) is 18.8 Å². The van der Waals surface area contributed by atoms with Gasteiger partial charge in [0.2, 0.25) is 0 Å². The van der Waals surface area contributed by atoms with Crippen molar-refractivity contribution in [3.63, 3.8) is 0 Å². The summed E-state index contributed by atoms with van der Waals surface area (Å²) in [7, 11) is 0. The van der Waals surface area contributed by atoms with Crippen molar-refractivity contribution in [2.24, 2.45) is 0 Å². The zero-order chi connectivity index (χ0) is 20.4. The summed E-state index contributed by atoms with van der Waals surface area (Å²) in [6.07, 6.45) is 1.60. The number of carbonyl (C=O) groups excluding carboxylic acids is 3. The smallest absolute Gasteiger partial charge is 0.379 e. The lowest BCUT2D eigenvalue weighted by atomic mass is 10.1. The summed E-state index contributed by atoms with van der Waals surface area (Å²) in [5, 5.41) is 7.23. The van der Waals surface area contributed by atoms with Crippen LogP contribution in [-0.4, -0.2) is 50.6 Å². The van der Waals surface area contributed by atoms with Gasteiger partial charge in [0.25, 0.3) is 11.7 Å². The molecule has 1 amide bonds. The summed E-state index contributed by atoms with van der Waals surface area (Å²) in [5.41, 5.74) is 2.56. The van der Waals surface area contributed by atoms with Gasteiger partial charge in [-0.25, -0.2) is 14.8 Å². The fourth-order valence-corrected chi connectivity index (χ4v) is 2.99. The van der Waals surface area contributed by atoms with Crippen LogP contribution in [0.3, 0.4) is 0 Å². The molecule has 0 fully saturated rings. The molecule has 0 atom stereocenters. The first-order chi connectivity index (χ1) is 14.1.